The number of fused-ring (bicyclic) bond motifs is 1. The third kappa shape index (κ3) is 4.57. The molecule has 0 spiro atoms. The smallest absolute Gasteiger partial charge is 0.335 e. The van der Waals surface area contributed by atoms with Gasteiger partial charge in [-0.25, -0.2) is 4.79 Å². The zero-order chi connectivity index (χ0) is 18.4. The lowest BCUT2D eigenvalue weighted by Gasteiger charge is -2.16. The summed E-state index contributed by atoms with van der Waals surface area (Å²) in [5.41, 5.74) is 2.24. The monoisotopic (exact) mass is 347 g/mol. The lowest BCUT2D eigenvalue weighted by Crippen LogP contribution is -2.25. The van der Waals surface area contributed by atoms with Gasteiger partial charge in [-0.1, -0.05) is 66.7 Å². The highest BCUT2D eigenvalue weighted by Gasteiger charge is 2.14. The van der Waals surface area contributed by atoms with Crippen molar-refractivity contribution in [3.05, 3.63) is 89.5 Å². The number of hydrogen-bond donors (Lipinski definition) is 1. The molecule has 0 aliphatic carbocycles. The average Bonchev–Trinajstić information content (AvgIpc) is 2.67. The number of nitrogens with zero attached hydrogens (tertiary/aromatic N) is 1. The highest BCUT2D eigenvalue weighted by atomic mass is 16.5. The molecule has 0 aliphatic heterocycles. The summed E-state index contributed by atoms with van der Waals surface area (Å²) in [5, 5.41) is 13.6. The number of carbonyl (C=O) groups excluding carboxylic acids is 1. The molecule has 0 unspecified atom stereocenters. The summed E-state index contributed by atoms with van der Waals surface area (Å²) in [6.45, 7) is 0.404. The van der Waals surface area contributed by atoms with Crippen molar-refractivity contribution in [1.82, 2.24) is 5.06 Å². The van der Waals surface area contributed by atoms with Gasteiger partial charge in [-0.3, -0.25) is 0 Å². The quantitative estimate of drug-likeness (QED) is 0.411. The van der Waals surface area contributed by atoms with E-state index in [9.17, 15) is 10.0 Å². The third-order valence-electron chi connectivity index (χ3n) is 4.12. The maximum atomic E-state index is 12.1. The zero-order valence-electron chi connectivity index (χ0n) is 14.6. The van der Waals surface area contributed by atoms with Crippen molar-refractivity contribution in [1.29, 1.82) is 0 Å². The first-order valence-electron chi connectivity index (χ1n) is 8.41. The fraction of sp³-hybridized carbons (Fsp3) is 0.136. The molecule has 0 aromatic heterocycles. The van der Waals surface area contributed by atoms with E-state index in [1.807, 2.05) is 72.8 Å². The molecular formula is C22H21NO3. The van der Waals surface area contributed by atoms with Crippen LogP contribution in [-0.4, -0.2) is 29.9 Å². The van der Waals surface area contributed by atoms with Gasteiger partial charge in [0.1, 0.15) is 0 Å². The molecule has 0 atom stereocenters. The third-order valence-corrected chi connectivity index (χ3v) is 4.12. The normalized spacial score (nSPS) is 11.7. The van der Waals surface area contributed by atoms with Gasteiger partial charge in [0.05, 0.1) is 19.2 Å². The van der Waals surface area contributed by atoms with Crippen LogP contribution in [0.2, 0.25) is 0 Å². The summed E-state index contributed by atoms with van der Waals surface area (Å²) in [7, 11) is 1.34. The topological polar surface area (TPSA) is 49.8 Å². The molecule has 0 radical (unpaired) electrons. The van der Waals surface area contributed by atoms with Crippen LogP contribution in [0.25, 0.3) is 16.8 Å². The van der Waals surface area contributed by atoms with E-state index in [1.54, 1.807) is 6.08 Å². The minimum Gasteiger partial charge on any atom is -0.466 e. The Labute approximate surface area is 152 Å². The number of methoxy groups -OCH3 is 1. The van der Waals surface area contributed by atoms with E-state index >= 15 is 0 Å². The first-order chi connectivity index (χ1) is 12.7. The minimum atomic E-state index is -0.453. The van der Waals surface area contributed by atoms with Crippen molar-refractivity contribution in [3.63, 3.8) is 0 Å². The van der Waals surface area contributed by atoms with Gasteiger partial charge in [-0.2, -0.15) is 5.06 Å². The van der Waals surface area contributed by atoms with Crippen molar-refractivity contribution >= 4 is 22.8 Å². The summed E-state index contributed by atoms with van der Waals surface area (Å²) in [6.07, 6.45) is 1.76. The van der Waals surface area contributed by atoms with E-state index in [0.29, 0.717) is 12.1 Å². The van der Waals surface area contributed by atoms with Gasteiger partial charge in [0.2, 0.25) is 0 Å². The highest BCUT2D eigenvalue weighted by Crippen LogP contribution is 2.18. The van der Waals surface area contributed by atoms with Crippen LogP contribution < -0.4 is 0 Å². The number of hydroxylamine groups is 2. The van der Waals surface area contributed by atoms with Crippen LogP contribution in [0.4, 0.5) is 0 Å². The van der Waals surface area contributed by atoms with E-state index in [2.05, 4.69) is 0 Å². The van der Waals surface area contributed by atoms with Crippen LogP contribution in [0, 0.1) is 0 Å². The molecule has 1 N–H and O–H groups in total. The average molecular weight is 347 g/mol. The van der Waals surface area contributed by atoms with E-state index in [-0.39, 0.29) is 6.54 Å². The van der Waals surface area contributed by atoms with E-state index in [1.165, 1.54) is 7.11 Å². The standard InChI is InChI=1S/C22H21NO3/c1-26-22(24)21(16-23(25)15-17-7-3-2-4-8-17)14-18-11-12-19-9-5-6-10-20(19)13-18/h2-14,25H,15-16H2,1H3/b21-14+. The number of carbonyl (C=O) groups is 1. The Hall–Kier alpha value is -2.95. The Morgan fingerprint density at radius 2 is 1.69 bits per heavy atom. The van der Waals surface area contributed by atoms with Crippen LogP contribution >= 0.6 is 0 Å². The summed E-state index contributed by atoms with van der Waals surface area (Å²) < 4.78 is 4.88. The number of esters is 1. The summed E-state index contributed by atoms with van der Waals surface area (Å²) >= 11 is 0. The molecule has 26 heavy (non-hydrogen) atoms. The van der Waals surface area contributed by atoms with Crippen LogP contribution in [-0.2, 0) is 16.1 Å². The Kier molecular flexibility index (Phi) is 5.79. The largest absolute Gasteiger partial charge is 0.466 e. The fourth-order valence-corrected chi connectivity index (χ4v) is 2.85. The van der Waals surface area contributed by atoms with Crippen molar-refractivity contribution in [2.75, 3.05) is 13.7 Å². The van der Waals surface area contributed by atoms with Gasteiger partial charge in [0, 0.05) is 6.54 Å². The highest BCUT2D eigenvalue weighted by molar-refractivity contribution is 5.95. The van der Waals surface area contributed by atoms with Gasteiger partial charge >= 0.3 is 5.97 Å². The maximum Gasteiger partial charge on any atom is 0.335 e. The number of rotatable bonds is 6. The van der Waals surface area contributed by atoms with E-state index in [0.717, 1.165) is 27.0 Å². The first-order valence-corrected chi connectivity index (χ1v) is 8.41. The van der Waals surface area contributed by atoms with Crippen molar-refractivity contribution < 1.29 is 14.7 Å². The predicted octanol–water partition coefficient (Wildman–Crippen LogP) is 4.29. The first kappa shape index (κ1) is 17.9. The van der Waals surface area contributed by atoms with Gasteiger partial charge < -0.3 is 9.94 Å². The second-order valence-electron chi connectivity index (χ2n) is 6.08. The van der Waals surface area contributed by atoms with Crippen molar-refractivity contribution in [3.8, 4) is 0 Å². The number of benzene rings is 3. The van der Waals surface area contributed by atoms with Crippen LogP contribution in [0.5, 0.6) is 0 Å². The molecule has 0 saturated carbocycles. The fourth-order valence-electron chi connectivity index (χ4n) is 2.85. The van der Waals surface area contributed by atoms with E-state index in [4.69, 9.17) is 4.74 Å². The molecule has 3 aromatic carbocycles. The van der Waals surface area contributed by atoms with Crippen molar-refractivity contribution in [2.24, 2.45) is 0 Å². The zero-order valence-corrected chi connectivity index (χ0v) is 14.6. The molecule has 0 amide bonds. The second kappa shape index (κ2) is 8.43. The molecular weight excluding hydrogens is 326 g/mol. The Morgan fingerprint density at radius 3 is 2.42 bits per heavy atom. The summed E-state index contributed by atoms with van der Waals surface area (Å²) in [4.78, 5) is 12.1. The Balaban J connectivity index is 1.82. The van der Waals surface area contributed by atoms with Crippen LogP contribution in [0.1, 0.15) is 11.1 Å². The molecule has 4 nitrogen and oxygen atoms in total. The minimum absolute atomic E-state index is 0.0778. The van der Waals surface area contributed by atoms with Crippen molar-refractivity contribution in [2.45, 2.75) is 6.54 Å². The van der Waals surface area contributed by atoms with Gasteiger partial charge in [-0.15, -0.1) is 0 Å². The molecule has 0 heterocycles. The molecule has 132 valence electrons. The molecule has 0 fully saturated rings. The maximum absolute atomic E-state index is 12.1. The second-order valence-corrected chi connectivity index (χ2v) is 6.08. The summed E-state index contributed by atoms with van der Waals surface area (Å²) in [5.74, 6) is -0.453. The lowest BCUT2D eigenvalue weighted by atomic mass is 10.0. The predicted molar refractivity (Wildman–Crippen MR) is 103 cm³/mol. The summed E-state index contributed by atoms with van der Waals surface area (Å²) in [6, 6.07) is 23.6. The molecule has 0 bridgehead atoms. The lowest BCUT2D eigenvalue weighted by molar-refractivity contribution is -0.139. The SMILES string of the molecule is COC(=O)/C(=C/c1ccc2ccccc2c1)CN(O)Cc1ccccc1. The van der Waals surface area contributed by atoms with Gasteiger partial charge in [-0.05, 0) is 34.0 Å². The van der Waals surface area contributed by atoms with Gasteiger partial charge in [0.15, 0.2) is 0 Å². The number of hydrogen-bond acceptors (Lipinski definition) is 4. The molecule has 3 rings (SSSR count). The Bertz CT molecular complexity index is 919. The Morgan fingerprint density at radius 1 is 1.00 bits per heavy atom. The van der Waals surface area contributed by atoms with Gasteiger partial charge in [0.25, 0.3) is 0 Å². The molecule has 0 saturated heterocycles. The van der Waals surface area contributed by atoms with Crippen LogP contribution in [0.15, 0.2) is 78.4 Å². The van der Waals surface area contributed by atoms with E-state index < -0.39 is 5.97 Å². The number of ether oxygens (including phenoxy) is 1. The molecule has 3 aromatic rings. The van der Waals surface area contributed by atoms with Crippen LogP contribution in [0.3, 0.4) is 0 Å². The molecule has 4 heteroatoms. The molecule has 0 aliphatic rings.